The summed E-state index contributed by atoms with van der Waals surface area (Å²) < 4.78 is 33.3. The predicted molar refractivity (Wildman–Crippen MR) is 234 cm³/mol. The van der Waals surface area contributed by atoms with Crippen LogP contribution < -0.4 is 42.8 Å². The Labute approximate surface area is 363 Å². The fourth-order valence-corrected chi connectivity index (χ4v) is 5.77. The van der Waals surface area contributed by atoms with Crippen LogP contribution in [0.3, 0.4) is 0 Å². The van der Waals surface area contributed by atoms with E-state index in [0.717, 1.165) is 16.7 Å². The maximum atomic E-state index is 14.2. The molecule has 10 N–H and O–H groups in total. The first-order chi connectivity index (χ1) is 29.8. The summed E-state index contributed by atoms with van der Waals surface area (Å²) in [5, 5.41) is 21.3. The molecule has 0 heterocycles. The van der Waals surface area contributed by atoms with E-state index in [1.54, 1.807) is 32.9 Å². The van der Waals surface area contributed by atoms with E-state index in [2.05, 4.69) is 26.6 Å². The van der Waals surface area contributed by atoms with Gasteiger partial charge in [-0.25, -0.2) is 9.59 Å². The molecule has 1 unspecified atom stereocenters. The molecule has 62 heavy (non-hydrogen) atoms. The van der Waals surface area contributed by atoms with Crippen LogP contribution in [0.5, 0.6) is 5.75 Å². The molecule has 3 rings (SSSR count). The van der Waals surface area contributed by atoms with Gasteiger partial charge in [0, 0.05) is 26.2 Å². The lowest BCUT2D eigenvalue weighted by Crippen LogP contribution is -2.48. The van der Waals surface area contributed by atoms with E-state index in [-0.39, 0.29) is 43.9 Å². The normalized spacial score (nSPS) is 12.0. The Morgan fingerprint density at radius 3 is 1.77 bits per heavy atom. The summed E-state index contributed by atoms with van der Waals surface area (Å²) in [7, 11) is 0. The molecule has 0 spiro atoms. The van der Waals surface area contributed by atoms with E-state index in [1.165, 1.54) is 0 Å². The van der Waals surface area contributed by atoms with Gasteiger partial charge in [0.15, 0.2) is 5.96 Å². The van der Waals surface area contributed by atoms with Gasteiger partial charge in [0.1, 0.15) is 24.0 Å². The van der Waals surface area contributed by atoms with Crippen LogP contribution in [0, 0.1) is 5.41 Å². The molecule has 5 amide bonds. The lowest BCUT2D eigenvalue weighted by Gasteiger charge is -2.24. The maximum absolute atomic E-state index is 14.2. The standard InChI is InChI=1S/C44H64N8O10/c1-44(2,3)62-43(56)49-19-20-57-21-22-58-23-24-59-25-26-60-27-28-61-36-12-7-11-35(29-36)38(34-9-5-4-6-10-34)40(54)52-37(13-8-18-48-41(45)46)39(53)50-30-32-14-16-33(17-15-32)31-51-42(47)55/h4-7,9-12,14-17,29,37-38H,8,13,18-28,30-31H2,1-3H3,(H,49,56)(H,50,53)(H,52,54)(H4,45,46,48)(H3,47,51,55)/t37-,38?/m1/s1. The van der Waals surface area contributed by atoms with Crippen molar-refractivity contribution in [2.75, 3.05) is 72.6 Å². The molecule has 340 valence electrons. The number of hydrogen-bond donors (Lipinski definition) is 8. The number of hydrogen-bond acceptors (Lipinski definition) is 11. The molecule has 0 saturated carbocycles. The number of carbonyl (C=O) groups is 4. The van der Waals surface area contributed by atoms with Gasteiger partial charge in [-0.2, -0.15) is 0 Å². The van der Waals surface area contributed by atoms with Gasteiger partial charge in [-0.15, -0.1) is 0 Å². The number of ether oxygens (including phenoxy) is 6. The Hall–Kier alpha value is -5.95. The minimum atomic E-state index is -0.887. The second kappa shape index (κ2) is 28.6. The van der Waals surface area contributed by atoms with Gasteiger partial charge in [-0.1, -0.05) is 66.7 Å². The van der Waals surface area contributed by atoms with Crippen LogP contribution in [0.25, 0.3) is 0 Å². The quantitative estimate of drug-likeness (QED) is 0.0285. The number of guanidine groups is 1. The van der Waals surface area contributed by atoms with E-state index < -0.39 is 29.7 Å². The van der Waals surface area contributed by atoms with Crippen molar-refractivity contribution < 1.29 is 47.6 Å². The third kappa shape index (κ3) is 22.1. The molecule has 3 aromatic carbocycles. The summed E-state index contributed by atoms with van der Waals surface area (Å²) in [6.45, 7) is 9.89. The second-order valence-corrected chi connectivity index (χ2v) is 14.9. The third-order valence-electron chi connectivity index (χ3n) is 8.69. The molecular weight excluding hydrogens is 801 g/mol. The Bertz CT molecular complexity index is 1790. The first-order valence-corrected chi connectivity index (χ1v) is 20.6. The number of amides is 5. The highest BCUT2D eigenvalue weighted by Crippen LogP contribution is 2.28. The van der Waals surface area contributed by atoms with Crippen LogP contribution in [-0.2, 0) is 46.4 Å². The number of carbonyl (C=O) groups excluding carboxylic acids is 4. The molecule has 0 saturated heterocycles. The van der Waals surface area contributed by atoms with Gasteiger partial charge < -0.3 is 66.5 Å². The molecule has 0 aliphatic rings. The minimum Gasteiger partial charge on any atom is -0.491 e. The smallest absolute Gasteiger partial charge is 0.407 e. The fourth-order valence-electron chi connectivity index (χ4n) is 5.77. The van der Waals surface area contributed by atoms with Gasteiger partial charge in [0.25, 0.3) is 0 Å². The van der Waals surface area contributed by atoms with E-state index in [1.807, 2.05) is 66.7 Å². The first kappa shape index (κ1) is 50.4. The molecular formula is C44H64N8O10. The lowest BCUT2D eigenvalue weighted by atomic mass is 9.90. The van der Waals surface area contributed by atoms with E-state index >= 15 is 0 Å². The Morgan fingerprint density at radius 2 is 1.19 bits per heavy atom. The minimum absolute atomic E-state index is 0.183. The van der Waals surface area contributed by atoms with Gasteiger partial charge in [0.05, 0.1) is 58.8 Å². The zero-order chi connectivity index (χ0) is 45.0. The van der Waals surface area contributed by atoms with Crippen LogP contribution >= 0.6 is 0 Å². The van der Waals surface area contributed by atoms with Crippen molar-refractivity contribution >= 4 is 29.9 Å². The Kier molecular flexibility index (Phi) is 23.2. The largest absolute Gasteiger partial charge is 0.491 e. The molecule has 18 heteroatoms. The van der Waals surface area contributed by atoms with Gasteiger partial charge in [-0.05, 0) is 68.0 Å². The first-order valence-electron chi connectivity index (χ1n) is 20.6. The van der Waals surface area contributed by atoms with Crippen molar-refractivity contribution in [1.82, 2.24) is 26.6 Å². The number of nitrogens with two attached hydrogens (primary N) is 2. The molecule has 0 aromatic heterocycles. The zero-order valence-electron chi connectivity index (χ0n) is 36.0. The molecule has 3 aromatic rings. The molecule has 0 aliphatic heterocycles. The average Bonchev–Trinajstić information content (AvgIpc) is 3.23. The van der Waals surface area contributed by atoms with Crippen molar-refractivity contribution in [2.45, 2.75) is 64.3 Å². The summed E-state index contributed by atoms with van der Waals surface area (Å²) in [6, 6.07) is 22.4. The number of alkyl carbamates (subject to hydrolysis) is 1. The van der Waals surface area contributed by atoms with E-state index in [4.69, 9.17) is 45.3 Å². The summed E-state index contributed by atoms with van der Waals surface area (Å²) in [5.41, 5.74) is 13.1. The Morgan fingerprint density at radius 1 is 0.629 bits per heavy atom. The highest BCUT2D eigenvalue weighted by atomic mass is 16.6. The lowest BCUT2D eigenvalue weighted by molar-refractivity contribution is -0.129. The topological polar surface area (TPSA) is 260 Å². The van der Waals surface area contributed by atoms with Gasteiger partial charge in [-0.3, -0.25) is 15.0 Å². The summed E-state index contributed by atoms with van der Waals surface area (Å²) in [5.74, 6) is -1.13. The van der Waals surface area contributed by atoms with Gasteiger partial charge in [0.2, 0.25) is 11.8 Å². The van der Waals surface area contributed by atoms with Crippen LogP contribution in [0.2, 0.25) is 0 Å². The van der Waals surface area contributed by atoms with Crippen LogP contribution in [0.15, 0.2) is 78.9 Å². The predicted octanol–water partition coefficient (Wildman–Crippen LogP) is 3.02. The Balaban J connectivity index is 1.45. The highest BCUT2D eigenvalue weighted by molar-refractivity contribution is 5.92. The third-order valence-corrected chi connectivity index (χ3v) is 8.69. The molecule has 18 nitrogen and oxygen atoms in total. The van der Waals surface area contributed by atoms with Crippen LogP contribution in [0.1, 0.15) is 61.8 Å². The monoisotopic (exact) mass is 864 g/mol. The molecule has 0 bridgehead atoms. The number of nitrogens with one attached hydrogen (secondary N) is 6. The average molecular weight is 865 g/mol. The zero-order valence-corrected chi connectivity index (χ0v) is 36.0. The number of rotatable bonds is 29. The number of primary amides is 1. The molecule has 0 radical (unpaired) electrons. The van der Waals surface area contributed by atoms with Crippen molar-refractivity contribution in [3.63, 3.8) is 0 Å². The number of benzene rings is 3. The molecule has 2 atom stereocenters. The molecule has 0 fully saturated rings. The number of urea groups is 1. The fraction of sp³-hybridized carbons (Fsp3) is 0.477. The summed E-state index contributed by atoms with van der Waals surface area (Å²) in [4.78, 5) is 50.4. The van der Waals surface area contributed by atoms with Crippen molar-refractivity contribution in [1.29, 1.82) is 5.41 Å². The molecule has 0 aliphatic carbocycles. The SMILES string of the molecule is CC(C)(C)OC(=O)NCCOCCOCCOCCOCCOc1cccc(C(C(=O)N[C@H](CCCNC(=N)N)C(=O)NCc2ccc(CNC(N)=O)cc2)c2ccccc2)c1. The van der Waals surface area contributed by atoms with Gasteiger partial charge >= 0.3 is 12.1 Å². The summed E-state index contributed by atoms with van der Waals surface area (Å²) in [6.07, 6.45) is 0.263. The van der Waals surface area contributed by atoms with E-state index in [0.29, 0.717) is 83.7 Å². The summed E-state index contributed by atoms with van der Waals surface area (Å²) >= 11 is 0. The van der Waals surface area contributed by atoms with Crippen molar-refractivity contribution in [3.05, 3.63) is 101 Å². The highest BCUT2D eigenvalue weighted by Gasteiger charge is 2.28. The van der Waals surface area contributed by atoms with Crippen molar-refractivity contribution in [3.8, 4) is 5.75 Å². The van der Waals surface area contributed by atoms with Crippen LogP contribution in [0.4, 0.5) is 9.59 Å². The van der Waals surface area contributed by atoms with E-state index in [9.17, 15) is 19.2 Å². The van der Waals surface area contributed by atoms with Crippen LogP contribution in [-0.4, -0.2) is 114 Å². The van der Waals surface area contributed by atoms with Crippen molar-refractivity contribution in [2.24, 2.45) is 11.5 Å². The second-order valence-electron chi connectivity index (χ2n) is 14.9. The maximum Gasteiger partial charge on any atom is 0.407 e.